The Morgan fingerprint density at radius 3 is 2.95 bits per heavy atom. The van der Waals surface area contributed by atoms with Crippen molar-refractivity contribution in [2.24, 2.45) is 5.73 Å². The molecular weight excluding hydrogens is 268 g/mol. The number of hydrogen-bond acceptors (Lipinski definition) is 3. The maximum atomic E-state index is 6.07. The molecule has 20 heavy (non-hydrogen) atoms. The summed E-state index contributed by atoms with van der Waals surface area (Å²) < 4.78 is 6.07. The van der Waals surface area contributed by atoms with Gasteiger partial charge in [0, 0.05) is 32.0 Å². The highest BCUT2D eigenvalue weighted by atomic mass is 32.1. The fourth-order valence-corrected chi connectivity index (χ4v) is 3.02. The summed E-state index contributed by atoms with van der Waals surface area (Å²) in [6, 6.07) is 7.18. The first-order valence-electron chi connectivity index (χ1n) is 7.40. The fraction of sp³-hybridized carbons (Fsp3) is 0.562. The van der Waals surface area contributed by atoms with Crippen LogP contribution in [0, 0.1) is 6.92 Å². The zero-order valence-electron chi connectivity index (χ0n) is 12.0. The van der Waals surface area contributed by atoms with Crippen molar-refractivity contribution in [2.45, 2.75) is 44.8 Å². The molecule has 0 amide bonds. The van der Waals surface area contributed by atoms with Gasteiger partial charge in [0.05, 0.1) is 4.99 Å². The lowest BCUT2D eigenvalue weighted by Gasteiger charge is -2.24. The molecule has 1 aromatic carbocycles. The molecule has 108 valence electrons. The maximum Gasteiger partial charge on any atom is 0.123 e. The van der Waals surface area contributed by atoms with E-state index in [1.165, 1.54) is 24.0 Å². The molecule has 1 saturated carbocycles. The smallest absolute Gasteiger partial charge is 0.123 e. The van der Waals surface area contributed by atoms with E-state index >= 15 is 0 Å². The summed E-state index contributed by atoms with van der Waals surface area (Å²) in [5.41, 5.74) is 8.28. The Bertz CT molecular complexity index is 513. The van der Waals surface area contributed by atoms with Gasteiger partial charge in [-0.3, -0.25) is 4.90 Å². The summed E-state index contributed by atoms with van der Waals surface area (Å²) in [6.45, 7) is 4.09. The highest BCUT2D eigenvalue weighted by molar-refractivity contribution is 7.80. The van der Waals surface area contributed by atoms with Crippen molar-refractivity contribution in [1.82, 2.24) is 4.90 Å². The van der Waals surface area contributed by atoms with Crippen LogP contribution in [0.15, 0.2) is 18.2 Å². The third kappa shape index (κ3) is 3.30. The lowest BCUT2D eigenvalue weighted by atomic mass is 10.1. The van der Waals surface area contributed by atoms with Gasteiger partial charge in [-0.1, -0.05) is 29.9 Å². The summed E-state index contributed by atoms with van der Waals surface area (Å²) >= 11 is 4.99. The Balaban J connectivity index is 1.59. The monoisotopic (exact) mass is 290 g/mol. The number of thiocarbonyl (C=S) groups is 1. The Kier molecular flexibility index (Phi) is 3.94. The highest BCUT2D eigenvalue weighted by Gasteiger charge is 2.32. The summed E-state index contributed by atoms with van der Waals surface area (Å²) in [6.07, 6.45) is 4.71. The molecule has 3 nitrogen and oxygen atoms in total. The van der Waals surface area contributed by atoms with Crippen LogP contribution in [0.5, 0.6) is 5.75 Å². The van der Waals surface area contributed by atoms with E-state index in [1.807, 2.05) is 0 Å². The maximum absolute atomic E-state index is 6.07. The van der Waals surface area contributed by atoms with Gasteiger partial charge in [0.25, 0.3) is 0 Å². The molecule has 3 rings (SSSR count). The van der Waals surface area contributed by atoms with Crippen molar-refractivity contribution in [3.8, 4) is 5.75 Å². The van der Waals surface area contributed by atoms with Crippen LogP contribution in [0.4, 0.5) is 0 Å². The molecule has 4 heteroatoms. The molecule has 1 heterocycles. The van der Waals surface area contributed by atoms with Crippen LogP contribution in [0.3, 0.4) is 0 Å². The molecule has 2 N–H and O–H groups in total. The first-order valence-corrected chi connectivity index (χ1v) is 7.81. The molecule has 0 spiro atoms. The van der Waals surface area contributed by atoms with Gasteiger partial charge in [-0.05, 0) is 31.4 Å². The molecular formula is C16H22N2OS. The Morgan fingerprint density at radius 1 is 1.45 bits per heavy atom. The third-order valence-electron chi connectivity index (χ3n) is 4.10. The SMILES string of the molecule is Cc1ccc2c(c1)CC(CN(CCC(N)=S)C1CC1)O2. The summed E-state index contributed by atoms with van der Waals surface area (Å²) in [5, 5.41) is 0. The zero-order valence-corrected chi connectivity index (χ0v) is 12.8. The Morgan fingerprint density at radius 2 is 2.25 bits per heavy atom. The molecule has 1 aliphatic carbocycles. The first-order chi connectivity index (χ1) is 9.61. The van der Waals surface area contributed by atoms with Crippen molar-refractivity contribution < 1.29 is 4.74 Å². The molecule has 1 fully saturated rings. The fourth-order valence-electron chi connectivity index (χ4n) is 2.93. The molecule has 1 atom stereocenters. The second kappa shape index (κ2) is 5.70. The van der Waals surface area contributed by atoms with Gasteiger partial charge in [0.15, 0.2) is 0 Å². The second-order valence-electron chi connectivity index (χ2n) is 6.00. The minimum atomic E-state index is 0.277. The summed E-state index contributed by atoms with van der Waals surface area (Å²) in [4.78, 5) is 3.12. The number of benzene rings is 1. The van der Waals surface area contributed by atoms with E-state index in [0.717, 1.165) is 37.7 Å². The zero-order chi connectivity index (χ0) is 14.1. The average Bonchev–Trinajstić information content (AvgIpc) is 3.15. The van der Waals surface area contributed by atoms with Crippen LogP contribution in [-0.2, 0) is 6.42 Å². The van der Waals surface area contributed by atoms with Gasteiger partial charge < -0.3 is 10.5 Å². The van der Waals surface area contributed by atoms with Crippen molar-refractivity contribution >= 4 is 17.2 Å². The van der Waals surface area contributed by atoms with E-state index in [-0.39, 0.29) is 6.10 Å². The van der Waals surface area contributed by atoms with Crippen LogP contribution < -0.4 is 10.5 Å². The van der Waals surface area contributed by atoms with Crippen molar-refractivity contribution in [1.29, 1.82) is 0 Å². The quantitative estimate of drug-likeness (QED) is 0.817. The third-order valence-corrected chi connectivity index (χ3v) is 4.31. The number of rotatable bonds is 6. The van der Waals surface area contributed by atoms with Crippen molar-refractivity contribution in [2.75, 3.05) is 13.1 Å². The van der Waals surface area contributed by atoms with E-state index in [2.05, 4.69) is 30.0 Å². The lowest BCUT2D eigenvalue weighted by molar-refractivity contribution is 0.147. The molecule has 1 unspecified atom stereocenters. The van der Waals surface area contributed by atoms with Gasteiger partial charge in [0.2, 0.25) is 0 Å². The number of hydrogen-bond donors (Lipinski definition) is 1. The minimum Gasteiger partial charge on any atom is -0.488 e. The Labute approximate surface area is 126 Å². The Hall–Kier alpha value is -1.13. The average molecular weight is 290 g/mol. The van der Waals surface area contributed by atoms with Crippen LogP contribution in [0.2, 0.25) is 0 Å². The van der Waals surface area contributed by atoms with E-state index < -0.39 is 0 Å². The van der Waals surface area contributed by atoms with Crippen molar-refractivity contribution in [3.05, 3.63) is 29.3 Å². The summed E-state index contributed by atoms with van der Waals surface area (Å²) in [5.74, 6) is 1.06. The van der Waals surface area contributed by atoms with E-state index in [4.69, 9.17) is 22.7 Å². The molecule has 1 aliphatic heterocycles. The van der Waals surface area contributed by atoms with Gasteiger partial charge in [0.1, 0.15) is 11.9 Å². The topological polar surface area (TPSA) is 38.5 Å². The van der Waals surface area contributed by atoms with Crippen LogP contribution in [0.25, 0.3) is 0 Å². The predicted octanol–water partition coefficient (Wildman–Crippen LogP) is 2.44. The molecule has 0 bridgehead atoms. The van der Waals surface area contributed by atoms with Crippen molar-refractivity contribution in [3.63, 3.8) is 0 Å². The standard InChI is InChI=1S/C16H22N2OS/c1-11-2-5-15-12(8-11)9-14(19-15)10-18(13-3-4-13)7-6-16(17)20/h2,5,8,13-14H,3-4,6-7,9-10H2,1H3,(H2,17,20). The van der Waals surface area contributed by atoms with E-state index in [9.17, 15) is 0 Å². The molecule has 1 aromatic rings. The number of ether oxygens (including phenoxy) is 1. The largest absolute Gasteiger partial charge is 0.488 e. The number of nitrogens with two attached hydrogens (primary N) is 1. The molecule has 0 saturated heterocycles. The van der Waals surface area contributed by atoms with Gasteiger partial charge in [-0.15, -0.1) is 0 Å². The van der Waals surface area contributed by atoms with Crippen LogP contribution in [0.1, 0.15) is 30.4 Å². The molecule has 2 aliphatic rings. The molecule has 0 aromatic heterocycles. The van der Waals surface area contributed by atoms with Gasteiger partial charge in [-0.2, -0.15) is 0 Å². The lowest BCUT2D eigenvalue weighted by Crippen LogP contribution is -2.38. The number of fused-ring (bicyclic) bond motifs is 1. The number of nitrogens with zero attached hydrogens (tertiary/aromatic N) is 1. The second-order valence-corrected chi connectivity index (χ2v) is 6.52. The van der Waals surface area contributed by atoms with Gasteiger partial charge >= 0.3 is 0 Å². The van der Waals surface area contributed by atoms with Crippen LogP contribution in [-0.4, -0.2) is 35.1 Å². The highest BCUT2D eigenvalue weighted by Crippen LogP contribution is 2.32. The molecule has 0 radical (unpaired) electrons. The van der Waals surface area contributed by atoms with Gasteiger partial charge in [-0.25, -0.2) is 0 Å². The first kappa shape index (κ1) is 13.8. The number of aryl methyl sites for hydroxylation is 1. The van der Waals surface area contributed by atoms with Crippen LogP contribution >= 0.6 is 12.2 Å². The summed E-state index contributed by atoms with van der Waals surface area (Å²) in [7, 11) is 0. The minimum absolute atomic E-state index is 0.277. The predicted molar refractivity (Wildman–Crippen MR) is 85.3 cm³/mol. The van der Waals surface area contributed by atoms with E-state index in [1.54, 1.807) is 0 Å². The van der Waals surface area contributed by atoms with E-state index in [0.29, 0.717) is 4.99 Å². The normalized spacial score (nSPS) is 20.8.